The molecule has 1 amide bonds. The summed E-state index contributed by atoms with van der Waals surface area (Å²) in [5.41, 5.74) is 1.04. The number of nitrogens with zero attached hydrogens (tertiary/aromatic N) is 2. The van der Waals surface area contributed by atoms with Gasteiger partial charge in [-0.1, -0.05) is 0 Å². The second kappa shape index (κ2) is 6.01. The highest BCUT2D eigenvalue weighted by atomic mass is 16.4. The standard InChI is InChI=1S/C14H15N3O3/c1-10(11-4-6-15-7-5-11)16-13(18)9-17-8-2-3-12(17)14(19)20/h2-8,10H,9H2,1H3,(H,16,18)(H,19,20). The van der Waals surface area contributed by atoms with E-state index in [4.69, 9.17) is 5.11 Å². The number of aromatic carboxylic acids is 1. The van der Waals surface area contributed by atoms with Gasteiger partial charge in [0.1, 0.15) is 12.2 Å². The fourth-order valence-corrected chi connectivity index (χ4v) is 1.92. The van der Waals surface area contributed by atoms with Gasteiger partial charge in [-0.25, -0.2) is 4.79 Å². The average Bonchev–Trinajstić information content (AvgIpc) is 2.87. The van der Waals surface area contributed by atoms with E-state index in [1.165, 1.54) is 10.6 Å². The second-order valence-corrected chi connectivity index (χ2v) is 4.40. The van der Waals surface area contributed by atoms with Crippen LogP contribution in [0, 0.1) is 0 Å². The van der Waals surface area contributed by atoms with Crippen molar-refractivity contribution < 1.29 is 14.7 Å². The van der Waals surface area contributed by atoms with Crippen molar-refractivity contribution in [3.8, 4) is 0 Å². The Morgan fingerprint density at radius 2 is 2.05 bits per heavy atom. The fourth-order valence-electron chi connectivity index (χ4n) is 1.92. The lowest BCUT2D eigenvalue weighted by Gasteiger charge is -2.14. The topological polar surface area (TPSA) is 84.2 Å². The molecule has 0 saturated heterocycles. The first-order valence-electron chi connectivity index (χ1n) is 6.15. The summed E-state index contributed by atoms with van der Waals surface area (Å²) in [4.78, 5) is 26.8. The summed E-state index contributed by atoms with van der Waals surface area (Å²) in [5, 5.41) is 11.8. The van der Waals surface area contributed by atoms with Crippen LogP contribution >= 0.6 is 0 Å². The molecule has 6 heteroatoms. The van der Waals surface area contributed by atoms with Crippen LogP contribution in [0.3, 0.4) is 0 Å². The number of hydrogen-bond donors (Lipinski definition) is 2. The Morgan fingerprint density at radius 1 is 1.35 bits per heavy atom. The van der Waals surface area contributed by atoms with Gasteiger partial charge in [0.25, 0.3) is 0 Å². The van der Waals surface area contributed by atoms with Crippen molar-refractivity contribution in [3.63, 3.8) is 0 Å². The highest BCUT2D eigenvalue weighted by Crippen LogP contribution is 2.10. The Labute approximate surface area is 116 Å². The van der Waals surface area contributed by atoms with E-state index in [-0.39, 0.29) is 24.2 Å². The Balaban J connectivity index is 1.99. The minimum atomic E-state index is -1.05. The summed E-state index contributed by atoms with van der Waals surface area (Å²) < 4.78 is 1.40. The highest BCUT2D eigenvalue weighted by molar-refractivity contribution is 5.86. The van der Waals surface area contributed by atoms with Crippen LogP contribution in [0.4, 0.5) is 0 Å². The van der Waals surface area contributed by atoms with Crippen molar-refractivity contribution in [1.82, 2.24) is 14.9 Å². The van der Waals surface area contributed by atoms with Crippen LogP contribution in [-0.4, -0.2) is 26.5 Å². The first-order valence-corrected chi connectivity index (χ1v) is 6.15. The van der Waals surface area contributed by atoms with Gasteiger partial charge in [0.05, 0.1) is 6.04 Å². The monoisotopic (exact) mass is 273 g/mol. The molecule has 0 aliphatic heterocycles. The zero-order valence-corrected chi connectivity index (χ0v) is 11.0. The molecule has 104 valence electrons. The smallest absolute Gasteiger partial charge is 0.352 e. The molecule has 1 unspecified atom stereocenters. The Hall–Kier alpha value is -2.63. The van der Waals surface area contributed by atoms with Gasteiger partial charge in [-0.15, -0.1) is 0 Å². The number of hydrogen-bond acceptors (Lipinski definition) is 3. The normalized spacial score (nSPS) is 11.8. The van der Waals surface area contributed by atoms with E-state index in [1.807, 2.05) is 19.1 Å². The average molecular weight is 273 g/mol. The molecule has 0 aliphatic carbocycles. The van der Waals surface area contributed by atoms with Gasteiger partial charge < -0.3 is 15.0 Å². The second-order valence-electron chi connectivity index (χ2n) is 4.40. The lowest BCUT2D eigenvalue weighted by atomic mass is 10.1. The predicted octanol–water partition coefficient (Wildman–Crippen LogP) is 1.46. The van der Waals surface area contributed by atoms with E-state index in [0.29, 0.717) is 0 Å². The van der Waals surface area contributed by atoms with E-state index in [0.717, 1.165) is 5.56 Å². The third-order valence-corrected chi connectivity index (χ3v) is 2.95. The number of rotatable bonds is 5. The van der Waals surface area contributed by atoms with E-state index in [2.05, 4.69) is 10.3 Å². The third kappa shape index (κ3) is 3.23. The summed E-state index contributed by atoms with van der Waals surface area (Å²) >= 11 is 0. The van der Waals surface area contributed by atoms with E-state index in [1.54, 1.807) is 24.7 Å². The fraction of sp³-hybridized carbons (Fsp3) is 0.214. The molecular weight excluding hydrogens is 258 g/mol. The van der Waals surface area contributed by atoms with Crippen molar-refractivity contribution in [2.45, 2.75) is 19.5 Å². The molecule has 0 saturated carbocycles. The summed E-state index contributed by atoms with van der Waals surface area (Å²) in [5.74, 6) is -1.29. The number of carboxylic acid groups (broad SMARTS) is 1. The molecule has 2 N–H and O–H groups in total. The van der Waals surface area contributed by atoms with Gasteiger partial charge >= 0.3 is 5.97 Å². The number of carbonyl (C=O) groups is 2. The van der Waals surface area contributed by atoms with Crippen LogP contribution in [0.2, 0.25) is 0 Å². The number of nitrogens with one attached hydrogen (secondary N) is 1. The molecule has 0 bridgehead atoms. The molecule has 0 fully saturated rings. The van der Waals surface area contributed by atoms with Crippen LogP contribution in [0.1, 0.15) is 29.0 Å². The van der Waals surface area contributed by atoms with E-state index in [9.17, 15) is 9.59 Å². The Morgan fingerprint density at radius 3 is 2.70 bits per heavy atom. The molecule has 6 nitrogen and oxygen atoms in total. The highest BCUT2D eigenvalue weighted by Gasteiger charge is 2.13. The predicted molar refractivity (Wildman–Crippen MR) is 72.2 cm³/mol. The first kappa shape index (κ1) is 13.8. The molecule has 2 rings (SSSR count). The van der Waals surface area contributed by atoms with Crippen molar-refractivity contribution >= 4 is 11.9 Å². The molecule has 0 aliphatic rings. The lowest BCUT2D eigenvalue weighted by Crippen LogP contribution is -2.30. The van der Waals surface area contributed by atoms with E-state index >= 15 is 0 Å². The molecule has 0 spiro atoms. The Bertz CT molecular complexity index is 607. The molecule has 2 heterocycles. The van der Waals surface area contributed by atoms with Crippen molar-refractivity contribution in [2.24, 2.45) is 0 Å². The molecule has 20 heavy (non-hydrogen) atoms. The number of carboxylic acids is 1. The number of amides is 1. The maximum atomic E-state index is 11.9. The van der Waals surface area contributed by atoms with Crippen LogP contribution < -0.4 is 5.32 Å². The largest absolute Gasteiger partial charge is 0.477 e. The molecule has 1 atom stereocenters. The molecule has 0 aromatic carbocycles. The van der Waals surface area contributed by atoms with Crippen LogP contribution in [0.15, 0.2) is 42.9 Å². The van der Waals surface area contributed by atoms with Crippen LogP contribution in [0.25, 0.3) is 0 Å². The minimum Gasteiger partial charge on any atom is -0.477 e. The van der Waals surface area contributed by atoms with Gasteiger partial charge in [-0.05, 0) is 36.8 Å². The van der Waals surface area contributed by atoms with E-state index < -0.39 is 5.97 Å². The summed E-state index contributed by atoms with van der Waals surface area (Å²) in [6, 6.07) is 6.55. The molecule has 2 aromatic heterocycles. The molecule has 0 radical (unpaired) electrons. The lowest BCUT2D eigenvalue weighted by molar-refractivity contribution is -0.122. The van der Waals surface area contributed by atoms with Crippen LogP contribution in [-0.2, 0) is 11.3 Å². The number of aromatic nitrogens is 2. The number of pyridine rings is 1. The van der Waals surface area contributed by atoms with Crippen molar-refractivity contribution in [3.05, 3.63) is 54.1 Å². The van der Waals surface area contributed by atoms with Crippen LogP contribution in [0.5, 0.6) is 0 Å². The van der Waals surface area contributed by atoms with Gasteiger partial charge in [-0.2, -0.15) is 0 Å². The summed E-state index contributed by atoms with van der Waals surface area (Å²) in [6.45, 7) is 1.84. The Kier molecular flexibility index (Phi) is 4.14. The first-order chi connectivity index (χ1) is 9.58. The zero-order chi connectivity index (χ0) is 14.5. The number of carbonyl (C=O) groups excluding carboxylic acids is 1. The van der Waals surface area contributed by atoms with Gasteiger partial charge in [-0.3, -0.25) is 9.78 Å². The summed E-state index contributed by atoms with van der Waals surface area (Å²) in [6.07, 6.45) is 4.89. The minimum absolute atomic E-state index is 0.0238. The maximum Gasteiger partial charge on any atom is 0.352 e. The third-order valence-electron chi connectivity index (χ3n) is 2.95. The molecular formula is C14H15N3O3. The summed E-state index contributed by atoms with van der Waals surface area (Å²) in [7, 11) is 0. The van der Waals surface area contributed by atoms with Crippen molar-refractivity contribution in [2.75, 3.05) is 0 Å². The van der Waals surface area contributed by atoms with Gasteiger partial charge in [0.2, 0.25) is 5.91 Å². The molecule has 2 aromatic rings. The van der Waals surface area contributed by atoms with Gasteiger partial charge in [0.15, 0.2) is 0 Å². The zero-order valence-electron chi connectivity index (χ0n) is 11.0. The quantitative estimate of drug-likeness (QED) is 0.863. The maximum absolute atomic E-state index is 11.9. The SMILES string of the molecule is CC(NC(=O)Cn1cccc1C(=O)O)c1ccncc1. The van der Waals surface area contributed by atoms with Gasteiger partial charge in [0, 0.05) is 18.6 Å². The van der Waals surface area contributed by atoms with Crippen molar-refractivity contribution in [1.29, 1.82) is 0 Å².